The van der Waals surface area contributed by atoms with E-state index in [1.807, 2.05) is 37.3 Å². The first-order valence-corrected chi connectivity index (χ1v) is 16.8. The number of ether oxygens (including phenoxy) is 2. The third kappa shape index (κ3) is 9.10. The molecule has 0 bridgehead atoms. The van der Waals surface area contributed by atoms with Crippen LogP contribution in [-0.2, 0) is 32.6 Å². The average Bonchev–Trinajstić information content (AvgIpc) is 3.10. The zero-order valence-corrected chi connectivity index (χ0v) is 27.6. The number of rotatable bonds is 16. The van der Waals surface area contributed by atoms with Gasteiger partial charge in [0.05, 0.1) is 24.8 Å². The first-order valence-electron chi connectivity index (χ1n) is 15.3. The highest BCUT2D eigenvalue weighted by atomic mass is 32.2. The van der Waals surface area contributed by atoms with Crippen molar-refractivity contribution in [3.63, 3.8) is 0 Å². The van der Waals surface area contributed by atoms with Crippen molar-refractivity contribution in [2.24, 2.45) is 0 Å². The molecule has 4 aromatic rings. The fraction of sp³-hybridized carbons (Fsp3) is 0.278. The summed E-state index contributed by atoms with van der Waals surface area (Å²) in [6, 6.07) is 26.3. The highest BCUT2D eigenvalue weighted by Crippen LogP contribution is 2.34. The van der Waals surface area contributed by atoms with Gasteiger partial charge in [0.1, 0.15) is 18.4 Å². The quantitative estimate of drug-likeness (QED) is 0.157. The Morgan fingerprint density at radius 2 is 1.47 bits per heavy atom. The Labute approximate surface area is 276 Å². The Bertz CT molecular complexity index is 1720. The number of carbonyl (C=O) groups is 2. The van der Waals surface area contributed by atoms with E-state index in [2.05, 4.69) is 5.32 Å². The molecule has 4 rings (SSSR count). The third-order valence-electron chi connectivity index (χ3n) is 7.63. The van der Waals surface area contributed by atoms with Gasteiger partial charge in [-0.3, -0.25) is 13.9 Å². The van der Waals surface area contributed by atoms with Crippen molar-refractivity contribution in [1.82, 2.24) is 10.2 Å². The number of methoxy groups -OCH3 is 2. The first kappa shape index (κ1) is 35.0. The lowest BCUT2D eigenvalue weighted by molar-refractivity contribution is -0.140. The molecule has 0 radical (unpaired) electrons. The zero-order valence-electron chi connectivity index (χ0n) is 26.8. The van der Waals surface area contributed by atoms with Gasteiger partial charge in [0, 0.05) is 25.6 Å². The van der Waals surface area contributed by atoms with Crippen LogP contribution in [0.25, 0.3) is 0 Å². The topological polar surface area (TPSA) is 105 Å². The molecule has 0 fully saturated rings. The summed E-state index contributed by atoms with van der Waals surface area (Å²) in [5.41, 5.74) is 1.55. The summed E-state index contributed by atoms with van der Waals surface area (Å²) in [7, 11) is -1.40. The molecule has 0 aliphatic carbocycles. The molecule has 4 aromatic carbocycles. The van der Waals surface area contributed by atoms with Crippen LogP contribution in [0.1, 0.15) is 30.9 Å². The number of hydrogen-bond acceptors (Lipinski definition) is 6. The minimum Gasteiger partial charge on any atom is -0.493 e. The predicted molar refractivity (Wildman–Crippen MR) is 179 cm³/mol. The molecule has 0 heterocycles. The smallest absolute Gasteiger partial charge is 0.264 e. The van der Waals surface area contributed by atoms with Crippen LogP contribution in [0.3, 0.4) is 0 Å². The van der Waals surface area contributed by atoms with Gasteiger partial charge in [-0.2, -0.15) is 0 Å². The molecule has 0 spiro atoms. The van der Waals surface area contributed by atoms with E-state index in [-0.39, 0.29) is 35.2 Å². The molecule has 2 amide bonds. The summed E-state index contributed by atoms with van der Waals surface area (Å²) >= 11 is 0. The highest BCUT2D eigenvalue weighted by Gasteiger charge is 2.35. The summed E-state index contributed by atoms with van der Waals surface area (Å²) in [6.07, 6.45) is 1.78. The van der Waals surface area contributed by atoms with Gasteiger partial charge >= 0.3 is 0 Å². The average molecular weight is 662 g/mol. The van der Waals surface area contributed by atoms with E-state index in [0.717, 1.165) is 22.7 Å². The van der Waals surface area contributed by atoms with E-state index in [1.54, 1.807) is 24.3 Å². The van der Waals surface area contributed by atoms with E-state index >= 15 is 0 Å². The summed E-state index contributed by atoms with van der Waals surface area (Å²) in [6.45, 7) is 1.72. The second-order valence-electron chi connectivity index (χ2n) is 10.9. The van der Waals surface area contributed by atoms with Gasteiger partial charge < -0.3 is 19.7 Å². The highest BCUT2D eigenvalue weighted by molar-refractivity contribution is 7.92. The SMILES string of the molecule is CCCCNC(=O)[C@@H](Cc1ccccc1)N(Cc1ccc(F)cc1)C(=O)CN(c1ccc(OC)c(OC)c1)S(=O)(=O)c1ccccc1. The van der Waals surface area contributed by atoms with Gasteiger partial charge in [-0.25, -0.2) is 12.8 Å². The lowest BCUT2D eigenvalue weighted by Crippen LogP contribution is -2.53. The van der Waals surface area contributed by atoms with Gasteiger partial charge in [-0.15, -0.1) is 0 Å². The van der Waals surface area contributed by atoms with E-state index in [1.165, 1.54) is 67.7 Å². The molecule has 1 N–H and O–H groups in total. The molecule has 0 aromatic heterocycles. The molecule has 0 saturated carbocycles. The van der Waals surface area contributed by atoms with Crippen molar-refractivity contribution in [2.45, 2.75) is 43.7 Å². The molecule has 0 aliphatic heterocycles. The molecule has 0 saturated heterocycles. The summed E-state index contributed by atoms with van der Waals surface area (Å²) < 4.78 is 54.0. The normalized spacial score (nSPS) is 11.7. The van der Waals surface area contributed by atoms with Crippen LogP contribution < -0.4 is 19.1 Å². The minimum absolute atomic E-state index is 0.0224. The summed E-state index contributed by atoms with van der Waals surface area (Å²) in [4.78, 5) is 29.7. The monoisotopic (exact) mass is 661 g/mol. The number of carbonyl (C=O) groups excluding carboxylic acids is 2. The Hall–Kier alpha value is -4.90. The van der Waals surface area contributed by atoms with Crippen LogP contribution in [0.2, 0.25) is 0 Å². The van der Waals surface area contributed by atoms with Crippen molar-refractivity contribution in [1.29, 1.82) is 0 Å². The van der Waals surface area contributed by atoms with Crippen LogP contribution in [0.15, 0.2) is 108 Å². The Balaban J connectivity index is 1.81. The van der Waals surface area contributed by atoms with E-state index in [9.17, 15) is 22.4 Å². The van der Waals surface area contributed by atoms with Crippen LogP contribution in [0, 0.1) is 5.82 Å². The maximum absolute atomic E-state index is 14.5. The first-order chi connectivity index (χ1) is 22.7. The fourth-order valence-electron chi connectivity index (χ4n) is 5.08. The predicted octanol–water partition coefficient (Wildman–Crippen LogP) is 5.59. The molecule has 0 aliphatic rings. The molecule has 47 heavy (non-hydrogen) atoms. The summed E-state index contributed by atoms with van der Waals surface area (Å²) in [5, 5.41) is 2.95. The van der Waals surface area contributed by atoms with E-state index in [0.29, 0.717) is 17.9 Å². The number of amides is 2. The van der Waals surface area contributed by atoms with Crippen LogP contribution in [-0.4, -0.2) is 58.5 Å². The Kier molecular flexibility index (Phi) is 12.3. The lowest BCUT2D eigenvalue weighted by atomic mass is 10.0. The van der Waals surface area contributed by atoms with Gasteiger partial charge in [-0.05, 0) is 53.9 Å². The fourth-order valence-corrected chi connectivity index (χ4v) is 6.50. The van der Waals surface area contributed by atoms with E-state index in [4.69, 9.17) is 9.47 Å². The van der Waals surface area contributed by atoms with Crippen LogP contribution in [0.4, 0.5) is 10.1 Å². The molecule has 11 heteroatoms. The zero-order chi connectivity index (χ0) is 33.8. The molecule has 0 unspecified atom stereocenters. The number of nitrogens with zero attached hydrogens (tertiary/aromatic N) is 2. The number of unbranched alkanes of at least 4 members (excludes halogenated alkanes) is 1. The number of anilines is 1. The largest absolute Gasteiger partial charge is 0.493 e. The maximum atomic E-state index is 14.5. The molecule has 9 nitrogen and oxygen atoms in total. The maximum Gasteiger partial charge on any atom is 0.264 e. The van der Waals surface area contributed by atoms with Crippen molar-refractivity contribution in [3.05, 3.63) is 120 Å². The van der Waals surface area contributed by atoms with Crippen molar-refractivity contribution in [3.8, 4) is 11.5 Å². The molecular weight excluding hydrogens is 621 g/mol. The third-order valence-corrected chi connectivity index (χ3v) is 9.42. The summed E-state index contributed by atoms with van der Waals surface area (Å²) in [5.74, 6) is -0.801. The van der Waals surface area contributed by atoms with Crippen LogP contribution in [0.5, 0.6) is 11.5 Å². The lowest BCUT2D eigenvalue weighted by Gasteiger charge is -2.34. The molecule has 1 atom stereocenters. The number of halogens is 1. The molecule has 248 valence electrons. The van der Waals surface area contributed by atoms with Crippen molar-refractivity contribution < 1.29 is 31.9 Å². The van der Waals surface area contributed by atoms with Gasteiger partial charge in [0.15, 0.2) is 11.5 Å². The van der Waals surface area contributed by atoms with Gasteiger partial charge in [0.2, 0.25) is 11.8 Å². The number of hydrogen-bond donors (Lipinski definition) is 1. The van der Waals surface area contributed by atoms with Crippen molar-refractivity contribution in [2.75, 3.05) is 31.6 Å². The van der Waals surface area contributed by atoms with Crippen molar-refractivity contribution >= 4 is 27.5 Å². The number of benzene rings is 4. The Morgan fingerprint density at radius 3 is 2.09 bits per heavy atom. The molecular formula is C36H40FN3O6S. The van der Waals surface area contributed by atoms with Gasteiger partial charge in [0.25, 0.3) is 10.0 Å². The minimum atomic E-state index is -4.29. The van der Waals surface area contributed by atoms with Crippen LogP contribution >= 0.6 is 0 Å². The second kappa shape index (κ2) is 16.6. The Morgan fingerprint density at radius 1 is 0.830 bits per heavy atom. The van der Waals surface area contributed by atoms with E-state index < -0.39 is 34.3 Å². The van der Waals surface area contributed by atoms with Gasteiger partial charge in [-0.1, -0.05) is 74.0 Å². The standard InChI is InChI=1S/C36H40FN3O6S/c1-4-5-22-38-36(42)32(23-27-12-8-6-9-13-27)39(25-28-16-18-29(37)19-17-28)35(41)26-40(47(43,44)31-14-10-7-11-15-31)30-20-21-33(45-2)34(24-30)46-3/h6-21,24,32H,4-5,22-23,25-26H2,1-3H3,(H,38,42)/t32-/m1/s1. The number of nitrogens with one attached hydrogen (secondary N) is 1. The number of sulfonamides is 1. The second-order valence-corrected chi connectivity index (χ2v) is 12.7.